The highest BCUT2D eigenvalue weighted by molar-refractivity contribution is 6.10. The van der Waals surface area contributed by atoms with Crippen LogP contribution in [0.4, 0.5) is 11.4 Å². The van der Waals surface area contributed by atoms with Crippen molar-refractivity contribution in [1.82, 2.24) is 0 Å². The number of amides is 2. The molecule has 0 saturated heterocycles. The number of nitriles is 1. The smallest absolute Gasteiger partial charge is 0.266 e. The van der Waals surface area contributed by atoms with E-state index in [0.29, 0.717) is 17.0 Å². The maximum atomic E-state index is 12.6. The minimum absolute atomic E-state index is 0.0125. The van der Waals surface area contributed by atoms with Crippen LogP contribution in [-0.2, 0) is 9.59 Å². The van der Waals surface area contributed by atoms with E-state index in [4.69, 9.17) is 4.74 Å². The molecule has 172 valence electrons. The summed E-state index contributed by atoms with van der Waals surface area (Å²) in [5.74, 6) is -0.227. The molecule has 0 aliphatic rings. The molecule has 3 rings (SSSR count). The summed E-state index contributed by atoms with van der Waals surface area (Å²) in [6, 6.07) is 20.3. The van der Waals surface area contributed by atoms with Crippen molar-refractivity contribution in [3.63, 3.8) is 0 Å². The second kappa shape index (κ2) is 11.0. The molecule has 0 bridgehead atoms. The minimum Gasteiger partial charge on any atom is -0.484 e. The summed E-state index contributed by atoms with van der Waals surface area (Å²) in [7, 11) is 0. The molecule has 6 nitrogen and oxygen atoms in total. The molecule has 3 aromatic carbocycles. The number of hydrogen-bond acceptors (Lipinski definition) is 4. The van der Waals surface area contributed by atoms with Gasteiger partial charge in [0, 0.05) is 11.4 Å². The Hall–Kier alpha value is -4.37. The molecule has 0 aliphatic heterocycles. The SMILES string of the molecule is Cc1ccc(NC(=O)COc2ccc(/C=C(\C#N)C(=O)Nc3ccc(C)cc3C)cc2)c(C)c1. The van der Waals surface area contributed by atoms with E-state index in [2.05, 4.69) is 10.6 Å². The molecule has 0 unspecified atom stereocenters. The summed E-state index contributed by atoms with van der Waals surface area (Å²) in [5, 5.41) is 15.1. The molecule has 0 atom stereocenters. The van der Waals surface area contributed by atoms with Gasteiger partial charge in [-0.3, -0.25) is 9.59 Å². The van der Waals surface area contributed by atoms with E-state index in [1.165, 1.54) is 6.08 Å². The van der Waals surface area contributed by atoms with Crippen LogP contribution in [0.5, 0.6) is 5.75 Å². The maximum absolute atomic E-state index is 12.6. The molecule has 0 heterocycles. The van der Waals surface area contributed by atoms with Crippen LogP contribution in [0, 0.1) is 39.0 Å². The Morgan fingerprint density at radius 3 is 1.94 bits per heavy atom. The van der Waals surface area contributed by atoms with Crippen LogP contribution in [0.3, 0.4) is 0 Å². The number of carbonyl (C=O) groups is 2. The molecule has 6 heteroatoms. The molecule has 0 radical (unpaired) electrons. The summed E-state index contributed by atoms with van der Waals surface area (Å²) in [5.41, 5.74) is 6.20. The lowest BCUT2D eigenvalue weighted by Crippen LogP contribution is -2.20. The van der Waals surface area contributed by atoms with Gasteiger partial charge in [0.15, 0.2) is 6.61 Å². The van der Waals surface area contributed by atoms with Gasteiger partial charge in [-0.25, -0.2) is 0 Å². The van der Waals surface area contributed by atoms with Crippen LogP contribution < -0.4 is 15.4 Å². The number of hydrogen-bond donors (Lipinski definition) is 2. The van der Waals surface area contributed by atoms with E-state index in [1.54, 1.807) is 24.3 Å². The van der Waals surface area contributed by atoms with Gasteiger partial charge in [-0.1, -0.05) is 47.5 Å². The van der Waals surface area contributed by atoms with Crippen molar-refractivity contribution in [2.75, 3.05) is 17.2 Å². The van der Waals surface area contributed by atoms with Gasteiger partial charge in [0.05, 0.1) is 0 Å². The summed E-state index contributed by atoms with van der Waals surface area (Å²) >= 11 is 0. The average Bonchev–Trinajstić information content (AvgIpc) is 2.80. The molecular formula is C28H27N3O3. The van der Waals surface area contributed by atoms with Crippen molar-refractivity contribution in [1.29, 1.82) is 5.26 Å². The fraction of sp³-hybridized carbons (Fsp3) is 0.179. The zero-order chi connectivity index (χ0) is 24.7. The van der Waals surface area contributed by atoms with Gasteiger partial charge in [-0.05, 0) is 74.7 Å². The quantitative estimate of drug-likeness (QED) is 0.366. The number of ether oxygens (including phenoxy) is 1. The van der Waals surface area contributed by atoms with E-state index in [-0.39, 0.29) is 18.1 Å². The van der Waals surface area contributed by atoms with Crippen LogP contribution >= 0.6 is 0 Å². The molecule has 0 aromatic heterocycles. The van der Waals surface area contributed by atoms with Crippen molar-refractivity contribution in [3.05, 3.63) is 94.1 Å². The number of nitrogens with zero attached hydrogens (tertiary/aromatic N) is 1. The van der Waals surface area contributed by atoms with E-state index < -0.39 is 5.91 Å². The van der Waals surface area contributed by atoms with Gasteiger partial charge >= 0.3 is 0 Å². The topological polar surface area (TPSA) is 91.2 Å². The first-order chi connectivity index (χ1) is 16.2. The first-order valence-corrected chi connectivity index (χ1v) is 10.9. The van der Waals surface area contributed by atoms with Crippen LogP contribution in [0.1, 0.15) is 27.8 Å². The highest BCUT2D eigenvalue weighted by Crippen LogP contribution is 2.19. The third-order valence-corrected chi connectivity index (χ3v) is 5.21. The Labute approximate surface area is 199 Å². The largest absolute Gasteiger partial charge is 0.484 e. The molecule has 0 aliphatic carbocycles. The second-order valence-corrected chi connectivity index (χ2v) is 8.17. The Bertz CT molecular complexity index is 1290. The minimum atomic E-state index is -0.474. The first kappa shape index (κ1) is 24.3. The van der Waals surface area contributed by atoms with Gasteiger partial charge in [-0.2, -0.15) is 5.26 Å². The van der Waals surface area contributed by atoms with E-state index in [9.17, 15) is 14.9 Å². The fourth-order valence-electron chi connectivity index (χ4n) is 3.41. The number of aryl methyl sites for hydroxylation is 4. The van der Waals surface area contributed by atoms with Crippen molar-refractivity contribution in [2.24, 2.45) is 0 Å². The van der Waals surface area contributed by atoms with Gasteiger partial charge in [0.1, 0.15) is 17.4 Å². The van der Waals surface area contributed by atoms with Crippen LogP contribution in [0.2, 0.25) is 0 Å². The lowest BCUT2D eigenvalue weighted by molar-refractivity contribution is -0.118. The normalized spacial score (nSPS) is 10.9. The highest BCUT2D eigenvalue weighted by atomic mass is 16.5. The van der Waals surface area contributed by atoms with E-state index in [0.717, 1.165) is 27.9 Å². The van der Waals surface area contributed by atoms with Gasteiger partial charge in [0.2, 0.25) is 0 Å². The molecule has 34 heavy (non-hydrogen) atoms. The Balaban J connectivity index is 1.59. The van der Waals surface area contributed by atoms with Crippen LogP contribution in [0.25, 0.3) is 6.08 Å². The second-order valence-electron chi connectivity index (χ2n) is 8.17. The summed E-state index contributed by atoms with van der Waals surface area (Å²) in [4.78, 5) is 24.8. The van der Waals surface area contributed by atoms with Gasteiger partial charge in [0.25, 0.3) is 11.8 Å². The average molecular weight is 454 g/mol. The summed E-state index contributed by atoms with van der Waals surface area (Å²) < 4.78 is 5.56. The molecule has 2 amide bonds. The van der Waals surface area contributed by atoms with Crippen LogP contribution in [-0.4, -0.2) is 18.4 Å². The zero-order valence-electron chi connectivity index (χ0n) is 19.7. The Morgan fingerprint density at radius 2 is 1.41 bits per heavy atom. The number of rotatable bonds is 7. The van der Waals surface area contributed by atoms with Crippen LogP contribution in [0.15, 0.2) is 66.2 Å². The Kier molecular flexibility index (Phi) is 7.83. The van der Waals surface area contributed by atoms with Crippen molar-refractivity contribution < 1.29 is 14.3 Å². The van der Waals surface area contributed by atoms with Crippen molar-refractivity contribution in [2.45, 2.75) is 27.7 Å². The molecule has 0 saturated carbocycles. The standard InChI is InChI=1S/C28H27N3O3/c1-18-5-11-25(20(3)13-18)30-27(32)17-34-24-9-7-22(8-10-24)15-23(16-29)28(33)31-26-12-6-19(2)14-21(26)4/h5-15H,17H2,1-4H3,(H,30,32)(H,31,33)/b23-15+. The molecule has 3 aromatic rings. The molecule has 0 spiro atoms. The number of anilines is 2. The highest BCUT2D eigenvalue weighted by Gasteiger charge is 2.11. The fourth-order valence-corrected chi connectivity index (χ4v) is 3.41. The zero-order valence-corrected chi connectivity index (χ0v) is 19.7. The lowest BCUT2D eigenvalue weighted by atomic mass is 10.1. The lowest BCUT2D eigenvalue weighted by Gasteiger charge is -2.10. The molecule has 0 fully saturated rings. The number of carbonyl (C=O) groups excluding carboxylic acids is 2. The predicted molar refractivity (Wildman–Crippen MR) is 135 cm³/mol. The number of nitrogens with one attached hydrogen (secondary N) is 2. The monoisotopic (exact) mass is 453 g/mol. The third-order valence-electron chi connectivity index (χ3n) is 5.21. The summed E-state index contributed by atoms with van der Waals surface area (Å²) in [6.45, 7) is 7.68. The van der Waals surface area contributed by atoms with E-state index >= 15 is 0 Å². The van der Waals surface area contributed by atoms with Crippen molar-refractivity contribution in [3.8, 4) is 11.8 Å². The van der Waals surface area contributed by atoms with Crippen molar-refractivity contribution >= 4 is 29.3 Å². The third kappa shape index (κ3) is 6.57. The molecule has 2 N–H and O–H groups in total. The van der Waals surface area contributed by atoms with Gasteiger partial charge in [-0.15, -0.1) is 0 Å². The molecular weight excluding hydrogens is 426 g/mol. The number of benzene rings is 3. The predicted octanol–water partition coefficient (Wildman–Crippen LogP) is 5.48. The maximum Gasteiger partial charge on any atom is 0.266 e. The first-order valence-electron chi connectivity index (χ1n) is 10.9. The van der Waals surface area contributed by atoms with E-state index in [1.807, 2.05) is 70.2 Å². The summed E-state index contributed by atoms with van der Waals surface area (Å²) in [6.07, 6.45) is 1.51. The Morgan fingerprint density at radius 1 is 0.853 bits per heavy atom. The van der Waals surface area contributed by atoms with Gasteiger partial charge < -0.3 is 15.4 Å².